The van der Waals surface area contributed by atoms with Gasteiger partial charge in [-0.1, -0.05) is 87.5 Å². The summed E-state index contributed by atoms with van der Waals surface area (Å²) in [6, 6.07) is 11.0. The highest BCUT2D eigenvalue weighted by Gasteiger charge is 2.44. The Hall–Kier alpha value is -5.13. The van der Waals surface area contributed by atoms with E-state index < -0.39 is 35.5 Å². The number of unbranched alkanes of at least 4 members (excludes halogenated alkanes) is 4. The summed E-state index contributed by atoms with van der Waals surface area (Å²) in [5.41, 5.74) is 12.3. The zero-order valence-corrected chi connectivity index (χ0v) is 42.3. The van der Waals surface area contributed by atoms with Crippen molar-refractivity contribution in [2.75, 3.05) is 31.9 Å². The second kappa shape index (κ2) is 23.2. The number of aliphatic hydroxyl groups excluding tert-OH is 1. The summed E-state index contributed by atoms with van der Waals surface area (Å²) in [6.45, 7) is 12.7. The largest absolute Gasteiger partial charge is 0.482 e. The number of aliphatic hydroxyl groups is 1. The molecule has 4 atom stereocenters. The Morgan fingerprint density at radius 1 is 0.986 bits per heavy atom. The Labute approximate surface area is 418 Å². The van der Waals surface area contributed by atoms with Gasteiger partial charge in [0.05, 0.1) is 39.4 Å². The fourth-order valence-corrected chi connectivity index (χ4v) is 10.6. The van der Waals surface area contributed by atoms with E-state index >= 15 is 0 Å². The molecular weight excluding hydrogens is 941 g/mol. The molecule has 3 amide bonds. The molecule has 2 aliphatic heterocycles. The van der Waals surface area contributed by atoms with Gasteiger partial charge in [0.1, 0.15) is 24.0 Å². The fraction of sp³-hybridized carbons (Fsp3) is 0.490. The molecule has 18 heteroatoms. The minimum absolute atomic E-state index is 0.0306. The van der Waals surface area contributed by atoms with Crippen LogP contribution in [0, 0.1) is 18.2 Å². The predicted molar refractivity (Wildman–Crippen MR) is 269 cm³/mol. The number of amides is 3. The van der Waals surface area contributed by atoms with E-state index in [0.717, 1.165) is 91.0 Å². The van der Waals surface area contributed by atoms with E-state index in [0.29, 0.717) is 29.2 Å². The van der Waals surface area contributed by atoms with Gasteiger partial charge in [-0.2, -0.15) is 5.10 Å². The van der Waals surface area contributed by atoms with Crippen molar-refractivity contribution in [1.29, 1.82) is 0 Å². The minimum Gasteiger partial charge on any atom is -0.482 e. The van der Waals surface area contributed by atoms with Crippen molar-refractivity contribution >= 4 is 58.1 Å². The van der Waals surface area contributed by atoms with Crippen LogP contribution in [0.1, 0.15) is 114 Å². The van der Waals surface area contributed by atoms with E-state index in [2.05, 4.69) is 25.5 Å². The number of thiazole rings is 1. The predicted octanol–water partition coefficient (Wildman–Crippen LogP) is 9.33. The van der Waals surface area contributed by atoms with Crippen LogP contribution in [0.15, 0.2) is 66.6 Å². The van der Waals surface area contributed by atoms with E-state index in [-0.39, 0.29) is 54.1 Å². The first-order chi connectivity index (χ1) is 33.0. The SMILES string of the molecule is Cc1ncsc1-c1ccc(CNC(=O)[C@@H]2C[C@@H](O)CN2C(=O)[C@@H](NC(=O)CCCCCCCN2CCC(n3cc(-c4cnc(N)c(O[C@H](C)c5c(Cl)ccc(F)c5Cl)c4)cn3)CC2)C(C)(C)C)cc1. The molecule has 0 bridgehead atoms. The van der Waals surface area contributed by atoms with Crippen molar-refractivity contribution in [3.63, 3.8) is 0 Å². The zero-order chi connectivity index (χ0) is 49.4. The Morgan fingerprint density at radius 3 is 2.42 bits per heavy atom. The van der Waals surface area contributed by atoms with Crippen molar-refractivity contribution < 1.29 is 28.6 Å². The number of aryl methyl sites for hydroxylation is 1. The van der Waals surface area contributed by atoms with Gasteiger partial charge >= 0.3 is 0 Å². The number of pyridine rings is 1. The monoisotopic (exact) mass is 1000 g/mol. The number of hydrogen-bond donors (Lipinski definition) is 4. The van der Waals surface area contributed by atoms with Gasteiger partial charge in [0.25, 0.3) is 0 Å². The number of benzene rings is 2. The van der Waals surface area contributed by atoms with Crippen LogP contribution in [0.2, 0.25) is 10.0 Å². The van der Waals surface area contributed by atoms with Gasteiger partial charge in [-0.25, -0.2) is 14.4 Å². The van der Waals surface area contributed by atoms with Crippen LogP contribution in [-0.4, -0.2) is 96.7 Å². The maximum Gasteiger partial charge on any atom is 0.246 e. The number of β-amino-alcohol motifs (C(OH)–C–C–N with tert-alkyl or cyclic N) is 1. The van der Waals surface area contributed by atoms with Crippen LogP contribution in [0.3, 0.4) is 0 Å². The first-order valence-electron chi connectivity index (χ1n) is 23.8. The number of nitrogens with one attached hydrogen (secondary N) is 2. The molecule has 0 spiro atoms. The molecule has 5 aromatic rings. The molecule has 0 aliphatic carbocycles. The standard InChI is InChI=1S/C51H64Cl2FN9O5S/c1-31-46(69-30-58-31)34-14-12-33(13-15-34)25-57-49(66)41-24-38(64)29-62(41)50(67)47(51(3,4)5)60-43(65)11-9-7-6-8-10-20-61-21-18-37(19-22-61)63-28-36(27-59-63)35-23-42(48(55)56-26-35)68-32(2)44-39(52)16-17-40(54)45(44)53/h12-17,23,26-28,30,32,37-38,41,47,64H,6-11,18-22,24-25,29H2,1-5H3,(H2,55,56)(H,57,66)(H,60,65)/t32-,38-,41+,47-/m1/s1. The molecule has 0 radical (unpaired) electrons. The number of nitrogens with two attached hydrogens (primary N) is 1. The minimum atomic E-state index is -0.854. The number of anilines is 1. The molecule has 7 rings (SSSR count). The van der Waals surface area contributed by atoms with Crippen LogP contribution in [0.25, 0.3) is 21.6 Å². The van der Waals surface area contributed by atoms with Crippen LogP contribution in [0.4, 0.5) is 10.2 Å². The number of rotatable bonds is 19. The first kappa shape index (κ1) is 51.7. The molecule has 3 aromatic heterocycles. The van der Waals surface area contributed by atoms with Gasteiger partial charge in [-0.3, -0.25) is 19.1 Å². The van der Waals surface area contributed by atoms with Crippen LogP contribution < -0.4 is 21.1 Å². The van der Waals surface area contributed by atoms with Crippen LogP contribution >= 0.6 is 34.5 Å². The molecule has 370 valence electrons. The lowest BCUT2D eigenvalue weighted by Crippen LogP contribution is -2.57. The quantitative estimate of drug-likeness (QED) is 0.0460. The number of hydrogen-bond acceptors (Lipinski definition) is 11. The molecular formula is C51H64Cl2FN9O5S. The van der Waals surface area contributed by atoms with Gasteiger partial charge in [-0.05, 0) is 80.8 Å². The van der Waals surface area contributed by atoms with Gasteiger partial charge in [0.15, 0.2) is 11.6 Å². The van der Waals surface area contributed by atoms with Crippen LogP contribution in [-0.2, 0) is 20.9 Å². The third-order valence-corrected chi connectivity index (χ3v) is 14.8. The zero-order valence-electron chi connectivity index (χ0n) is 40.0. The molecule has 69 heavy (non-hydrogen) atoms. The molecule has 2 aromatic carbocycles. The summed E-state index contributed by atoms with van der Waals surface area (Å²) in [6.07, 6.45) is 11.2. The van der Waals surface area contributed by atoms with Gasteiger partial charge in [0, 0.05) is 73.1 Å². The van der Waals surface area contributed by atoms with E-state index in [9.17, 15) is 23.9 Å². The number of nitrogens with zero attached hydrogens (tertiary/aromatic N) is 6. The van der Waals surface area contributed by atoms with Crippen molar-refractivity contribution in [3.05, 3.63) is 99.2 Å². The number of likely N-dealkylation sites (tertiary alicyclic amines) is 2. The number of halogens is 3. The Balaban J connectivity index is 0.796. The number of nitrogen functional groups attached to an aromatic ring is 1. The molecule has 5 N–H and O–H groups in total. The third kappa shape index (κ3) is 13.2. The molecule has 0 saturated carbocycles. The molecule has 0 unspecified atom stereocenters. The maximum atomic E-state index is 14.2. The first-order valence-corrected chi connectivity index (χ1v) is 25.5. The highest BCUT2D eigenvalue weighted by molar-refractivity contribution is 7.13. The summed E-state index contributed by atoms with van der Waals surface area (Å²) in [5.74, 6) is -0.954. The van der Waals surface area contributed by atoms with Crippen molar-refractivity contribution in [2.24, 2.45) is 5.41 Å². The molecule has 14 nitrogen and oxygen atoms in total. The fourth-order valence-electron chi connectivity index (χ4n) is 9.13. The summed E-state index contributed by atoms with van der Waals surface area (Å²) in [4.78, 5) is 54.5. The number of aromatic nitrogens is 4. The average molecular weight is 1010 g/mol. The highest BCUT2D eigenvalue weighted by Crippen LogP contribution is 2.38. The highest BCUT2D eigenvalue weighted by atomic mass is 35.5. The van der Waals surface area contributed by atoms with Crippen LogP contribution in [0.5, 0.6) is 5.75 Å². The Bertz CT molecular complexity index is 2560. The second-order valence-corrected chi connectivity index (χ2v) is 21.0. The summed E-state index contributed by atoms with van der Waals surface area (Å²) in [7, 11) is 0. The van der Waals surface area contributed by atoms with Crippen molar-refractivity contribution in [1.82, 2.24) is 40.2 Å². The lowest BCUT2D eigenvalue weighted by atomic mass is 9.85. The van der Waals surface area contributed by atoms with Crippen molar-refractivity contribution in [2.45, 2.75) is 129 Å². The molecule has 2 saturated heterocycles. The average Bonchev–Trinajstić information content (AvgIpc) is 4.09. The van der Waals surface area contributed by atoms with E-state index in [1.165, 1.54) is 17.0 Å². The molecule has 2 aliphatic rings. The topological polar surface area (TPSA) is 181 Å². The van der Waals surface area contributed by atoms with E-state index in [1.54, 1.807) is 30.5 Å². The maximum absolute atomic E-state index is 14.2. The van der Waals surface area contributed by atoms with Gasteiger partial charge < -0.3 is 36.0 Å². The molecule has 2 fully saturated rings. The summed E-state index contributed by atoms with van der Waals surface area (Å²) < 4.78 is 22.3. The summed E-state index contributed by atoms with van der Waals surface area (Å²) in [5, 5.41) is 21.4. The number of piperidine rings is 1. The second-order valence-electron chi connectivity index (χ2n) is 19.4. The smallest absolute Gasteiger partial charge is 0.246 e. The van der Waals surface area contributed by atoms with Gasteiger partial charge in [-0.15, -0.1) is 11.3 Å². The van der Waals surface area contributed by atoms with E-state index in [4.69, 9.17) is 38.8 Å². The van der Waals surface area contributed by atoms with E-state index in [1.807, 2.05) is 74.5 Å². The Morgan fingerprint density at radius 2 is 1.71 bits per heavy atom. The van der Waals surface area contributed by atoms with Gasteiger partial charge in [0.2, 0.25) is 17.7 Å². The third-order valence-electron chi connectivity index (χ3n) is 13.1. The van der Waals surface area contributed by atoms with Crippen molar-refractivity contribution in [3.8, 4) is 27.3 Å². The normalized spacial score (nSPS) is 17.7. The summed E-state index contributed by atoms with van der Waals surface area (Å²) >= 11 is 14.1. The lowest BCUT2D eigenvalue weighted by molar-refractivity contribution is -0.144. The number of ether oxygens (including phenoxy) is 1. The lowest BCUT2D eigenvalue weighted by Gasteiger charge is -2.35. The molecule has 5 heterocycles. The number of carbonyl (C=O) groups excluding carboxylic acids is 3. The Kier molecular flexibility index (Phi) is 17.4. The number of carbonyl (C=O) groups is 3.